The average molecular weight is 455 g/mol. The van der Waals surface area contributed by atoms with Crippen LogP contribution in [-0.4, -0.2) is 56.6 Å². The maximum atomic E-state index is 14.7. The zero-order valence-electron chi connectivity index (χ0n) is 14.8. The van der Waals surface area contributed by atoms with Crippen LogP contribution < -0.4 is 10.2 Å². The summed E-state index contributed by atoms with van der Waals surface area (Å²) in [5, 5.41) is 2.47. The van der Waals surface area contributed by atoms with Crippen molar-refractivity contribution in [1.82, 2.24) is 5.32 Å². The number of carbonyl (C=O) groups excluding carboxylic acids is 2. The predicted octanol–water partition coefficient (Wildman–Crippen LogP) is 3.70. The highest BCUT2D eigenvalue weighted by Gasteiger charge is 2.34. The Balaban J connectivity index is 1.63. The second-order valence-corrected chi connectivity index (χ2v) is 10.4. The lowest BCUT2D eigenvalue weighted by Gasteiger charge is -2.39. The first-order valence-corrected chi connectivity index (χ1v) is 11.5. The molecule has 0 aliphatic carbocycles. The van der Waals surface area contributed by atoms with Gasteiger partial charge in [0.15, 0.2) is 4.84 Å². The number of anilines is 1. The first-order chi connectivity index (χ1) is 13.2. The molecule has 2 saturated heterocycles. The summed E-state index contributed by atoms with van der Waals surface area (Å²) >= 11 is 10.9. The number of cyclic esters (lactones) is 1. The van der Waals surface area contributed by atoms with Crippen molar-refractivity contribution in [2.45, 2.75) is 29.7 Å². The number of nitrogens with one attached hydrogen (secondary N) is 1. The molecule has 2 amide bonds. The van der Waals surface area contributed by atoms with Gasteiger partial charge in [0.25, 0.3) is 5.91 Å². The van der Waals surface area contributed by atoms with Gasteiger partial charge < -0.3 is 10.1 Å². The van der Waals surface area contributed by atoms with E-state index >= 15 is 0 Å². The lowest BCUT2D eigenvalue weighted by atomic mass is 9.93. The molecule has 1 aromatic carbocycles. The molecule has 3 rings (SSSR count). The minimum Gasteiger partial charge on any atom is -0.442 e. The van der Waals surface area contributed by atoms with Crippen LogP contribution in [0, 0.1) is 5.82 Å². The molecule has 0 radical (unpaired) electrons. The van der Waals surface area contributed by atoms with Crippen LogP contribution >= 0.6 is 33.8 Å². The van der Waals surface area contributed by atoms with Crippen molar-refractivity contribution >= 4 is 51.5 Å². The van der Waals surface area contributed by atoms with E-state index in [9.17, 15) is 23.1 Å². The number of benzene rings is 1. The van der Waals surface area contributed by atoms with Gasteiger partial charge in [0.1, 0.15) is 11.9 Å². The molecule has 0 unspecified atom stereocenters. The Bertz CT molecular complexity index is 757. The van der Waals surface area contributed by atoms with Gasteiger partial charge in [-0.3, -0.25) is 18.8 Å². The number of halogens is 3. The molecular weight excluding hydrogens is 434 g/mol. The van der Waals surface area contributed by atoms with E-state index < -0.39 is 39.3 Å². The summed E-state index contributed by atoms with van der Waals surface area (Å²) in [6.45, 7) is 0.198. The highest BCUT2D eigenvalue weighted by atomic mass is 35.5. The van der Waals surface area contributed by atoms with Crippen molar-refractivity contribution in [3.63, 3.8) is 0 Å². The fourth-order valence-electron chi connectivity index (χ4n) is 3.36. The quantitative estimate of drug-likeness (QED) is 0.589. The molecule has 2 fully saturated rings. The number of amides is 2. The highest BCUT2D eigenvalue weighted by Crippen LogP contribution is 2.48. The van der Waals surface area contributed by atoms with Crippen molar-refractivity contribution in [3.8, 4) is 0 Å². The third kappa shape index (κ3) is 5.01. The Morgan fingerprint density at radius 2 is 2.04 bits per heavy atom. The van der Waals surface area contributed by atoms with E-state index in [1.807, 2.05) is 0 Å². The van der Waals surface area contributed by atoms with Crippen LogP contribution in [0.2, 0.25) is 0 Å². The Labute approximate surface area is 173 Å². The van der Waals surface area contributed by atoms with E-state index in [0.717, 1.165) is 0 Å². The number of ether oxygens (including phenoxy) is 1. The molecule has 0 bridgehead atoms. The van der Waals surface area contributed by atoms with Gasteiger partial charge in [-0.15, -0.1) is 0 Å². The minimum atomic E-state index is -2.53. The van der Waals surface area contributed by atoms with E-state index in [1.54, 1.807) is 12.1 Å². The van der Waals surface area contributed by atoms with Gasteiger partial charge >= 0.3 is 6.09 Å². The third-order valence-corrected chi connectivity index (χ3v) is 7.07. The van der Waals surface area contributed by atoms with E-state index in [0.29, 0.717) is 24.1 Å². The van der Waals surface area contributed by atoms with Gasteiger partial charge in [-0.05, 0) is 36.5 Å². The van der Waals surface area contributed by atoms with Gasteiger partial charge in [0, 0.05) is 11.5 Å². The summed E-state index contributed by atoms with van der Waals surface area (Å²) in [5.74, 6) is -0.566. The van der Waals surface area contributed by atoms with E-state index in [-0.39, 0.29) is 30.5 Å². The Kier molecular flexibility index (Phi) is 6.61. The van der Waals surface area contributed by atoms with Gasteiger partial charge in [0.05, 0.1) is 18.8 Å². The summed E-state index contributed by atoms with van der Waals surface area (Å²) in [6.07, 6.45) is -0.219. The van der Waals surface area contributed by atoms with Crippen LogP contribution in [0.4, 0.5) is 14.9 Å². The summed E-state index contributed by atoms with van der Waals surface area (Å²) < 4.78 is 39.3. The zero-order valence-corrected chi connectivity index (χ0v) is 17.1. The molecule has 3 N–H and O–H groups in total. The Morgan fingerprint density at radius 1 is 1.36 bits per heavy atom. The van der Waals surface area contributed by atoms with Gasteiger partial charge in [-0.25, -0.2) is 9.18 Å². The first-order valence-electron chi connectivity index (χ1n) is 8.73. The Morgan fingerprint density at radius 3 is 2.64 bits per heavy atom. The molecule has 156 valence electrons. The van der Waals surface area contributed by atoms with Crippen molar-refractivity contribution in [3.05, 3.63) is 29.6 Å². The molecular formula is C17H21Cl2FN2O5S. The monoisotopic (exact) mass is 454 g/mol. The first kappa shape index (κ1) is 21.4. The number of alkyl halides is 2. The smallest absolute Gasteiger partial charge is 0.414 e. The topological polar surface area (TPSA) is 99.1 Å². The van der Waals surface area contributed by atoms with Crippen molar-refractivity contribution in [2.75, 3.05) is 29.5 Å². The van der Waals surface area contributed by atoms with E-state index in [1.165, 1.54) is 11.0 Å². The molecule has 2 aliphatic heterocycles. The van der Waals surface area contributed by atoms with Crippen LogP contribution in [0.15, 0.2) is 18.2 Å². The summed E-state index contributed by atoms with van der Waals surface area (Å²) in [4.78, 5) is 23.6. The largest absolute Gasteiger partial charge is 0.442 e. The minimum absolute atomic E-state index is 0.0477. The van der Waals surface area contributed by atoms with Gasteiger partial charge in [0.2, 0.25) is 0 Å². The molecule has 0 saturated carbocycles. The Hall–Kier alpha value is -1.26. The lowest BCUT2D eigenvalue weighted by molar-refractivity contribution is -0.119. The molecule has 28 heavy (non-hydrogen) atoms. The maximum absolute atomic E-state index is 14.7. The third-order valence-electron chi connectivity index (χ3n) is 4.90. The van der Waals surface area contributed by atoms with Crippen LogP contribution in [0.3, 0.4) is 0 Å². The van der Waals surface area contributed by atoms with Crippen LogP contribution in [0.1, 0.15) is 24.3 Å². The van der Waals surface area contributed by atoms with Crippen LogP contribution in [0.25, 0.3) is 0 Å². The number of hydrogen-bond donors (Lipinski definition) is 3. The summed E-state index contributed by atoms with van der Waals surface area (Å²) in [6, 6.07) is 4.54. The molecule has 1 aromatic rings. The lowest BCUT2D eigenvalue weighted by Crippen LogP contribution is -2.37. The molecule has 0 spiro atoms. The number of nitrogens with zero attached hydrogens (tertiary/aromatic N) is 1. The summed E-state index contributed by atoms with van der Waals surface area (Å²) in [7, 11) is -2.53. The maximum Gasteiger partial charge on any atom is 0.414 e. The fourth-order valence-corrected chi connectivity index (χ4v) is 5.05. The second-order valence-electron chi connectivity index (χ2n) is 6.85. The number of rotatable bonds is 5. The molecule has 2 heterocycles. The number of carbonyl (C=O) groups is 2. The van der Waals surface area contributed by atoms with Gasteiger partial charge in [-0.1, -0.05) is 29.3 Å². The second kappa shape index (κ2) is 8.62. The molecule has 11 heteroatoms. The van der Waals surface area contributed by atoms with Crippen LogP contribution in [-0.2, 0) is 9.53 Å². The number of hydrogen-bond acceptors (Lipinski definition) is 5. The average Bonchev–Trinajstić information content (AvgIpc) is 3.00. The normalized spacial score (nSPS) is 23.6. The molecule has 2 aliphatic rings. The van der Waals surface area contributed by atoms with Crippen molar-refractivity contribution < 1.29 is 27.8 Å². The van der Waals surface area contributed by atoms with Gasteiger partial charge in [-0.2, -0.15) is 10.6 Å². The SMILES string of the molecule is O=C(NC[C@H]1CN(c2ccc(C3CCS(O)(O)CC3)c(F)c2)C(=O)O1)C(Cl)Cl. The summed E-state index contributed by atoms with van der Waals surface area (Å²) in [5.41, 5.74) is 0.859. The van der Waals surface area contributed by atoms with E-state index in [2.05, 4.69) is 5.32 Å². The highest BCUT2D eigenvalue weighted by molar-refractivity contribution is 8.24. The molecule has 0 aromatic heterocycles. The fraction of sp³-hybridized carbons (Fsp3) is 0.529. The van der Waals surface area contributed by atoms with Crippen molar-refractivity contribution in [2.24, 2.45) is 0 Å². The standard InChI is InChI=1S/C17H21Cl2FN2O5S/c18-15(19)16(23)21-8-12-9-22(17(24)27-12)11-1-2-13(14(20)7-11)10-3-5-28(25,26)6-4-10/h1-2,7,10,12,15,25-26H,3-6,8-9H2,(H,21,23)/t12-/m0/s1. The molecule has 7 nitrogen and oxygen atoms in total. The predicted molar refractivity (Wildman–Crippen MR) is 107 cm³/mol. The zero-order chi connectivity index (χ0) is 20.5. The van der Waals surface area contributed by atoms with E-state index in [4.69, 9.17) is 27.9 Å². The van der Waals surface area contributed by atoms with Crippen molar-refractivity contribution in [1.29, 1.82) is 0 Å². The van der Waals surface area contributed by atoms with Crippen LogP contribution in [0.5, 0.6) is 0 Å². The molecule has 1 atom stereocenters.